The van der Waals surface area contributed by atoms with Crippen molar-refractivity contribution in [3.63, 3.8) is 0 Å². The van der Waals surface area contributed by atoms with Crippen LogP contribution in [0.15, 0.2) is 5.16 Å². The minimum absolute atomic E-state index is 0.328. The quantitative estimate of drug-likeness (QED) is 0.719. The van der Waals surface area contributed by atoms with Gasteiger partial charge in [0, 0.05) is 26.2 Å². The molecule has 8 nitrogen and oxygen atoms in total. The molecule has 2 aliphatic rings. The highest BCUT2D eigenvalue weighted by Crippen LogP contribution is 2.21. The Morgan fingerprint density at radius 1 is 0.909 bits per heavy atom. The van der Waals surface area contributed by atoms with Gasteiger partial charge in [-0.2, -0.15) is 20.2 Å². The summed E-state index contributed by atoms with van der Waals surface area (Å²) < 4.78 is 10.7. The molecule has 118 valence electrons. The lowest BCUT2D eigenvalue weighted by Gasteiger charge is -2.30. The molecule has 0 N–H and O–H groups in total. The van der Waals surface area contributed by atoms with Gasteiger partial charge in [0.2, 0.25) is 11.9 Å². The van der Waals surface area contributed by atoms with Crippen molar-refractivity contribution in [3.8, 4) is 6.07 Å². The maximum Gasteiger partial charge on any atom is 0.231 e. The third kappa shape index (κ3) is 3.76. The van der Waals surface area contributed by atoms with E-state index in [4.69, 9.17) is 14.7 Å². The van der Waals surface area contributed by atoms with Crippen LogP contribution in [0.3, 0.4) is 0 Å². The fraction of sp³-hybridized carbons (Fsp3) is 0.692. The maximum atomic E-state index is 8.77. The molecule has 0 saturated carbocycles. The standard InChI is InChI=1S/C13H18N6O2S/c14-1-10-22-13-16-11(18-2-6-20-7-3-18)15-12(17-13)19-4-8-21-9-5-19/h2-10H2. The zero-order valence-electron chi connectivity index (χ0n) is 12.3. The fourth-order valence-electron chi connectivity index (χ4n) is 2.31. The van der Waals surface area contributed by atoms with Crippen LogP contribution in [0.5, 0.6) is 0 Å². The average molecular weight is 322 g/mol. The Bertz CT molecular complexity index is 504. The van der Waals surface area contributed by atoms with Crippen LogP contribution in [0.1, 0.15) is 0 Å². The van der Waals surface area contributed by atoms with E-state index in [0.717, 1.165) is 26.2 Å². The predicted molar refractivity (Wildman–Crippen MR) is 82.2 cm³/mol. The van der Waals surface area contributed by atoms with E-state index in [2.05, 4.69) is 30.8 Å². The van der Waals surface area contributed by atoms with Gasteiger partial charge in [-0.1, -0.05) is 11.8 Å². The lowest BCUT2D eigenvalue weighted by Crippen LogP contribution is -2.40. The Kier molecular flexibility index (Phi) is 5.26. The van der Waals surface area contributed by atoms with Gasteiger partial charge < -0.3 is 19.3 Å². The molecule has 0 bridgehead atoms. The summed E-state index contributed by atoms with van der Waals surface area (Å²) in [4.78, 5) is 17.8. The third-order valence-corrected chi connectivity index (χ3v) is 4.16. The topological polar surface area (TPSA) is 87.4 Å². The SMILES string of the molecule is N#CCSc1nc(N2CCOCC2)nc(N2CCOCC2)n1. The highest BCUT2D eigenvalue weighted by molar-refractivity contribution is 7.99. The van der Waals surface area contributed by atoms with Crippen LogP contribution in [0.2, 0.25) is 0 Å². The summed E-state index contributed by atoms with van der Waals surface area (Å²) in [7, 11) is 0. The summed E-state index contributed by atoms with van der Waals surface area (Å²) in [6, 6.07) is 2.11. The Hall–Kier alpha value is -1.63. The number of thioether (sulfide) groups is 1. The smallest absolute Gasteiger partial charge is 0.231 e. The van der Waals surface area contributed by atoms with Crippen LogP contribution < -0.4 is 9.80 Å². The van der Waals surface area contributed by atoms with E-state index >= 15 is 0 Å². The molecular formula is C13H18N6O2S. The van der Waals surface area contributed by atoms with Crippen molar-refractivity contribution in [3.05, 3.63) is 0 Å². The molecule has 0 atom stereocenters. The molecule has 0 unspecified atom stereocenters. The van der Waals surface area contributed by atoms with Crippen molar-refractivity contribution in [1.82, 2.24) is 15.0 Å². The van der Waals surface area contributed by atoms with Gasteiger partial charge in [0.25, 0.3) is 0 Å². The van der Waals surface area contributed by atoms with Crippen molar-refractivity contribution in [2.45, 2.75) is 5.16 Å². The average Bonchev–Trinajstić information content (AvgIpc) is 2.61. The zero-order chi connectivity index (χ0) is 15.2. The second kappa shape index (κ2) is 7.58. The first-order valence-corrected chi connectivity index (χ1v) is 8.26. The molecular weight excluding hydrogens is 304 g/mol. The molecule has 9 heteroatoms. The maximum absolute atomic E-state index is 8.77. The molecule has 0 amide bonds. The van der Waals surface area contributed by atoms with E-state index in [9.17, 15) is 0 Å². The molecule has 1 aromatic rings. The van der Waals surface area contributed by atoms with Crippen molar-refractivity contribution in [1.29, 1.82) is 5.26 Å². The van der Waals surface area contributed by atoms with Crippen LogP contribution in [-0.4, -0.2) is 73.3 Å². The van der Waals surface area contributed by atoms with E-state index in [1.807, 2.05) is 0 Å². The van der Waals surface area contributed by atoms with E-state index in [-0.39, 0.29) is 0 Å². The number of nitrogens with zero attached hydrogens (tertiary/aromatic N) is 6. The number of anilines is 2. The number of ether oxygens (including phenoxy) is 2. The van der Waals surface area contributed by atoms with Gasteiger partial charge >= 0.3 is 0 Å². The molecule has 3 rings (SSSR count). The van der Waals surface area contributed by atoms with Gasteiger partial charge in [-0.05, 0) is 0 Å². The first-order chi connectivity index (χ1) is 10.9. The Morgan fingerprint density at radius 3 is 1.86 bits per heavy atom. The number of hydrogen-bond donors (Lipinski definition) is 0. The summed E-state index contributed by atoms with van der Waals surface area (Å²) in [5, 5.41) is 9.36. The third-order valence-electron chi connectivity index (χ3n) is 3.44. The summed E-state index contributed by atoms with van der Waals surface area (Å²) in [6.07, 6.45) is 0. The Morgan fingerprint density at radius 2 is 1.41 bits per heavy atom. The molecule has 0 aromatic carbocycles. The fourth-order valence-corrected chi connectivity index (χ4v) is 2.79. The second-order valence-electron chi connectivity index (χ2n) is 4.86. The first kappa shape index (κ1) is 15.3. The number of rotatable bonds is 4. The molecule has 0 spiro atoms. The van der Waals surface area contributed by atoms with E-state index in [0.29, 0.717) is 49.2 Å². The minimum atomic E-state index is 0.328. The van der Waals surface area contributed by atoms with Gasteiger partial charge in [-0.25, -0.2) is 0 Å². The summed E-state index contributed by atoms with van der Waals surface area (Å²) in [5.74, 6) is 1.66. The first-order valence-electron chi connectivity index (χ1n) is 7.28. The molecule has 2 fully saturated rings. The molecule has 2 saturated heterocycles. The lowest BCUT2D eigenvalue weighted by atomic mass is 10.4. The van der Waals surface area contributed by atoms with E-state index < -0.39 is 0 Å². The second-order valence-corrected chi connectivity index (χ2v) is 5.81. The lowest BCUT2D eigenvalue weighted by molar-refractivity contribution is 0.121. The molecule has 0 radical (unpaired) electrons. The molecule has 22 heavy (non-hydrogen) atoms. The van der Waals surface area contributed by atoms with Gasteiger partial charge in [0.1, 0.15) is 0 Å². The van der Waals surface area contributed by atoms with Crippen molar-refractivity contribution in [2.24, 2.45) is 0 Å². The van der Waals surface area contributed by atoms with E-state index in [1.54, 1.807) is 0 Å². The Labute approximate surface area is 133 Å². The van der Waals surface area contributed by atoms with Gasteiger partial charge in [-0.15, -0.1) is 0 Å². The minimum Gasteiger partial charge on any atom is -0.378 e. The number of hydrogen-bond acceptors (Lipinski definition) is 9. The van der Waals surface area contributed by atoms with Crippen LogP contribution in [0.25, 0.3) is 0 Å². The van der Waals surface area contributed by atoms with Crippen LogP contribution in [0, 0.1) is 11.3 Å². The van der Waals surface area contributed by atoms with E-state index in [1.165, 1.54) is 11.8 Å². The van der Waals surface area contributed by atoms with Gasteiger partial charge in [0.05, 0.1) is 38.2 Å². The highest BCUT2D eigenvalue weighted by atomic mass is 32.2. The largest absolute Gasteiger partial charge is 0.378 e. The number of aromatic nitrogens is 3. The van der Waals surface area contributed by atoms with Crippen molar-refractivity contribution in [2.75, 3.05) is 68.2 Å². The number of morpholine rings is 2. The summed E-state index contributed by atoms with van der Waals surface area (Å²) in [5.41, 5.74) is 0. The molecule has 0 aliphatic carbocycles. The van der Waals surface area contributed by atoms with Gasteiger partial charge in [0.15, 0.2) is 5.16 Å². The molecule has 1 aromatic heterocycles. The zero-order valence-corrected chi connectivity index (χ0v) is 13.1. The molecule has 3 heterocycles. The van der Waals surface area contributed by atoms with Crippen LogP contribution >= 0.6 is 11.8 Å². The van der Waals surface area contributed by atoms with Gasteiger partial charge in [-0.3, -0.25) is 0 Å². The van der Waals surface area contributed by atoms with Crippen molar-refractivity contribution >= 4 is 23.7 Å². The van der Waals surface area contributed by atoms with Crippen LogP contribution in [-0.2, 0) is 9.47 Å². The summed E-state index contributed by atoms with van der Waals surface area (Å²) in [6.45, 7) is 5.81. The number of nitriles is 1. The predicted octanol–water partition coefficient (Wildman–Crippen LogP) is 0.160. The normalized spacial score (nSPS) is 19.0. The van der Waals surface area contributed by atoms with Crippen molar-refractivity contribution < 1.29 is 9.47 Å². The Balaban J connectivity index is 1.85. The monoisotopic (exact) mass is 322 g/mol. The molecule has 2 aliphatic heterocycles. The summed E-state index contributed by atoms with van der Waals surface area (Å²) >= 11 is 1.34. The highest BCUT2D eigenvalue weighted by Gasteiger charge is 2.20. The van der Waals surface area contributed by atoms with Crippen LogP contribution in [0.4, 0.5) is 11.9 Å².